The average molecular weight is 358 g/mol. The van der Waals surface area contributed by atoms with Crippen LogP contribution < -0.4 is 5.32 Å². The lowest BCUT2D eigenvalue weighted by Gasteiger charge is -2.18. The van der Waals surface area contributed by atoms with E-state index in [0.29, 0.717) is 18.4 Å². The van der Waals surface area contributed by atoms with Crippen molar-refractivity contribution in [2.24, 2.45) is 0 Å². The second-order valence-electron chi connectivity index (χ2n) is 4.84. The van der Waals surface area contributed by atoms with Crippen LogP contribution in [0, 0.1) is 17.5 Å². The molecule has 1 nitrogen and oxygen atoms in total. The van der Waals surface area contributed by atoms with Crippen LogP contribution in [0.25, 0.3) is 0 Å². The Morgan fingerprint density at radius 3 is 2.48 bits per heavy atom. The summed E-state index contributed by atoms with van der Waals surface area (Å²) in [6.07, 6.45) is 0.827. The molecule has 0 fully saturated rings. The molecule has 2 rings (SSSR count). The Kier molecular flexibility index (Phi) is 5.42. The maximum atomic E-state index is 13.7. The van der Waals surface area contributed by atoms with Crippen LogP contribution in [-0.4, -0.2) is 13.1 Å². The molecule has 0 saturated carbocycles. The maximum absolute atomic E-state index is 13.7. The number of hydrogen-bond donors (Lipinski definition) is 1. The third-order valence-electron chi connectivity index (χ3n) is 3.38. The van der Waals surface area contributed by atoms with E-state index in [0.717, 1.165) is 16.1 Å². The standard InChI is InChI=1S/C16H15BrF3N/c1-21-13(8-10-3-2-4-15(19)16(10)20)9-11-7-12(18)5-6-14(11)17/h2-7,13,21H,8-9H2,1H3. The Bertz CT molecular complexity index is 627. The summed E-state index contributed by atoms with van der Waals surface area (Å²) in [5.74, 6) is -2.00. The van der Waals surface area contributed by atoms with E-state index in [9.17, 15) is 13.2 Å². The topological polar surface area (TPSA) is 12.0 Å². The van der Waals surface area contributed by atoms with E-state index < -0.39 is 11.6 Å². The van der Waals surface area contributed by atoms with Gasteiger partial charge in [-0.2, -0.15) is 0 Å². The molecule has 2 aromatic carbocycles. The van der Waals surface area contributed by atoms with E-state index in [1.165, 1.54) is 18.2 Å². The van der Waals surface area contributed by atoms with Crippen LogP contribution in [0.2, 0.25) is 0 Å². The predicted octanol–water partition coefficient (Wildman–Crippen LogP) is 4.24. The molecule has 0 aliphatic rings. The van der Waals surface area contributed by atoms with Crippen molar-refractivity contribution >= 4 is 15.9 Å². The van der Waals surface area contributed by atoms with Crippen molar-refractivity contribution in [3.63, 3.8) is 0 Å². The molecule has 21 heavy (non-hydrogen) atoms. The molecule has 0 spiro atoms. The van der Waals surface area contributed by atoms with E-state index in [1.807, 2.05) is 0 Å². The largest absolute Gasteiger partial charge is 0.316 e. The fraction of sp³-hybridized carbons (Fsp3) is 0.250. The summed E-state index contributed by atoms with van der Waals surface area (Å²) in [7, 11) is 1.75. The first-order chi connectivity index (χ1) is 10.0. The number of benzene rings is 2. The Morgan fingerprint density at radius 2 is 1.76 bits per heavy atom. The summed E-state index contributed by atoms with van der Waals surface area (Å²) in [5, 5.41) is 3.06. The number of likely N-dealkylation sites (N-methyl/N-ethyl adjacent to an activating group) is 1. The third kappa shape index (κ3) is 4.08. The van der Waals surface area contributed by atoms with Crippen molar-refractivity contribution in [1.29, 1.82) is 0 Å². The normalized spacial score (nSPS) is 12.4. The Balaban J connectivity index is 2.17. The fourth-order valence-electron chi connectivity index (χ4n) is 2.21. The second kappa shape index (κ2) is 7.09. The third-order valence-corrected chi connectivity index (χ3v) is 4.15. The Morgan fingerprint density at radius 1 is 1.05 bits per heavy atom. The number of rotatable bonds is 5. The van der Waals surface area contributed by atoms with E-state index in [2.05, 4.69) is 21.2 Å². The summed E-state index contributed by atoms with van der Waals surface area (Å²) >= 11 is 3.37. The minimum Gasteiger partial charge on any atom is -0.316 e. The van der Waals surface area contributed by atoms with Crippen LogP contribution in [0.1, 0.15) is 11.1 Å². The van der Waals surface area contributed by atoms with Gasteiger partial charge in [-0.3, -0.25) is 0 Å². The molecular formula is C16H15BrF3N. The van der Waals surface area contributed by atoms with Gasteiger partial charge in [-0.05, 0) is 55.3 Å². The van der Waals surface area contributed by atoms with Gasteiger partial charge in [0.15, 0.2) is 11.6 Å². The van der Waals surface area contributed by atoms with Gasteiger partial charge in [0.2, 0.25) is 0 Å². The smallest absolute Gasteiger partial charge is 0.162 e. The summed E-state index contributed by atoms with van der Waals surface area (Å²) in [6.45, 7) is 0. The quantitative estimate of drug-likeness (QED) is 0.843. The van der Waals surface area contributed by atoms with Gasteiger partial charge in [0.25, 0.3) is 0 Å². The van der Waals surface area contributed by atoms with Gasteiger partial charge < -0.3 is 5.32 Å². The molecule has 5 heteroatoms. The first-order valence-electron chi connectivity index (χ1n) is 6.55. The van der Waals surface area contributed by atoms with Crippen molar-refractivity contribution in [2.75, 3.05) is 7.05 Å². The lowest BCUT2D eigenvalue weighted by Crippen LogP contribution is -2.30. The first-order valence-corrected chi connectivity index (χ1v) is 7.34. The van der Waals surface area contributed by atoms with Gasteiger partial charge in [-0.15, -0.1) is 0 Å². The molecular weight excluding hydrogens is 343 g/mol. The molecule has 2 aromatic rings. The van der Waals surface area contributed by atoms with Gasteiger partial charge in [0, 0.05) is 10.5 Å². The molecule has 112 valence electrons. The molecule has 1 N–H and O–H groups in total. The van der Waals surface area contributed by atoms with Crippen LogP contribution in [0.15, 0.2) is 40.9 Å². The molecule has 0 aromatic heterocycles. The zero-order valence-corrected chi connectivity index (χ0v) is 13.1. The van der Waals surface area contributed by atoms with Crippen molar-refractivity contribution < 1.29 is 13.2 Å². The van der Waals surface area contributed by atoms with Crippen molar-refractivity contribution in [2.45, 2.75) is 18.9 Å². The van der Waals surface area contributed by atoms with E-state index >= 15 is 0 Å². The first kappa shape index (κ1) is 16.0. The molecule has 0 heterocycles. The van der Waals surface area contributed by atoms with Gasteiger partial charge in [-0.1, -0.05) is 28.1 Å². The summed E-state index contributed by atoms with van der Waals surface area (Å²) in [5.41, 5.74) is 1.09. The van der Waals surface area contributed by atoms with Gasteiger partial charge >= 0.3 is 0 Å². The summed E-state index contributed by atoms with van der Waals surface area (Å²) in [4.78, 5) is 0. The minimum atomic E-state index is -0.853. The average Bonchev–Trinajstić information content (AvgIpc) is 2.46. The highest BCUT2D eigenvalue weighted by molar-refractivity contribution is 9.10. The zero-order chi connectivity index (χ0) is 15.4. The fourth-order valence-corrected chi connectivity index (χ4v) is 2.62. The van der Waals surface area contributed by atoms with E-state index in [-0.39, 0.29) is 11.9 Å². The van der Waals surface area contributed by atoms with Crippen molar-refractivity contribution in [1.82, 2.24) is 5.32 Å². The highest BCUT2D eigenvalue weighted by Gasteiger charge is 2.15. The lowest BCUT2D eigenvalue weighted by atomic mass is 9.98. The van der Waals surface area contributed by atoms with E-state index in [1.54, 1.807) is 19.2 Å². The molecule has 0 aliphatic heterocycles. The van der Waals surface area contributed by atoms with Gasteiger partial charge in [0.05, 0.1) is 0 Å². The lowest BCUT2D eigenvalue weighted by molar-refractivity contribution is 0.481. The maximum Gasteiger partial charge on any atom is 0.162 e. The van der Waals surface area contributed by atoms with Crippen LogP contribution in [-0.2, 0) is 12.8 Å². The SMILES string of the molecule is CNC(Cc1cc(F)ccc1Br)Cc1cccc(F)c1F. The van der Waals surface area contributed by atoms with Crippen molar-refractivity contribution in [3.8, 4) is 0 Å². The minimum absolute atomic E-state index is 0.126. The molecule has 0 bridgehead atoms. The summed E-state index contributed by atoms with van der Waals surface area (Å²) in [6, 6.07) is 8.46. The predicted molar refractivity (Wildman–Crippen MR) is 80.7 cm³/mol. The van der Waals surface area contributed by atoms with Gasteiger partial charge in [-0.25, -0.2) is 13.2 Å². The highest BCUT2D eigenvalue weighted by atomic mass is 79.9. The molecule has 0 amide bonds. The van der Waals surface area contributed by atoms with Crippen molar-refractivity contribution in [3.05, 3.63) is 69.4 Å². The Labute approximate surface area is 130 Å². The number of halogens is 4. The molecule has 1 unspecified atom stereocenters. The zero-order valence-electron chi connectivity index (χ0n) is 11.5. The molecule has 0 aliphatic carbocycles. The molecule has 0 radical (unpaired) electrons. The molecule has 0 saturated heterocycles. The van der Waals surface area contributed by atoms with Gasteiger partial charge in [0.1, 0.15) is 5.82 Å². The molecule has 1 atom stereocenters. The van der Waals surface area contributed by atoms with Crippen LogP contribution in [0.3, 0.4) is 0 Å². The Hall–Kier alpha value is -1.33. The number of hydrogen-bond acceptors (Lipinski definition) is 1. The second-order valence-corrected chi connectivity index (χ2v) is 5.70. The monoisotopic (exact) mass is 357 g/mol. The highest BCUT2D eigenvalue weighted by Crippen LogP contribution is 2.21. The number of nitrogens with one attached hydrogen (secondary N) is 1. The summed E-state index contributed by atoms with van der Waals surface area (Å²) < 4.78 is 41.0. The van der Waals surface area contributed by atoms with E-state index in [4.69, 9.17) is 0 Å². The van der Waals surface area contributed by atoms with Crippen LogP contribution in [0.4, 0.5) is 13.2 Å². The van der Waals surface area contributed by atoms with Crippen LogP contribution >= 0.6 is 15.9 Å². The van der Waals surface area contributed by atoms with Crippen LogP contribution in [0.5, 0.6) is 0 Å².